The van der Waals surface area contributed by atoms with Gasteiger partial charge in [-0.2, -0.15) is 11.8 Å². The average Bonchev–Trinajstić information content (AvgIpc) is 3.04. The van der Waals surface area contributed by atoms with E-state index in [1.54, 1.807) is 12.1 Å². The maximum absolute atomic E-state index is 13.7. The van der Waals surface area contributed by atoms with Gasteiger partial charge in [-0.05, 0) is 40.8 Å². The van der Waals surface area contributed by atoms with Crippen molar-refractivity contribution in [3.8, 4) is 5.69 Å². The van der Waals surface area contributed by atoms with Crippen molar-refractivity contribution < 1.29 is 4.39 Å². The zero-order chi connectivity index (χ0) is 12.4. The van der Waals surface area contributed by atoms with E-state index in [9.17, 15) is 4.39 Å². The van der Waals surface area contributed by atoms with Crippen LogP contribution in [0.3, 0.4) is 0 Å². The summed E-state index contributed by atoms with van der Waals surface area (Å²) in [6.07, 6.45) is 2.56. The minimum atomic E-state index is -0.247. The van der Waals surface area contributed by atoms with Gasteiger partial charge in [0.25, 0.3) is 0 Å². The Morgan fingerprint density at radius 1 is 1.44 bits per heavy atom. The van der Waals surface area contributed by atoms with E-state index in [4.69, 9.17) is 0 Å². The minimum Gasteiger partial charge on any atom is -0.379 e. The average molecular weight is 265 g/mol. The third-order valence-corrected chi connectivity index (χ3v) is 4.02. The Labute approximate surface area is 108 Å². The van der Waals surface area contributed by atoms with E-state index in [0.717, 1.165) is 23.6 Å². The van der Waals surface area contributed by atoms with Crippen LogP contribution in [0, 0.1) is 5.82 Å². The number of nitrogens with zero attached hydrogens (tertiary/aromatic N) is 4. The zero-order valence-corrected chi connectivity index (χ0v) is 10.4. The van der Waals surface area contributed by atoms with Gasteiger partial charge in [0.05, 0.1) is 11.4 Å². The molecular weight excluding hydrogens is 253 g/mol. The first kappa shape index (κ1) is 11.5. The molecule has 1 aliphatic heterocycles. The Morgan fingerprint density at radius 3 is 3.11 bits per heavy atom. The molecule has 3 rings (SSSR count). The van der Waals surface area contributed by atoms with Crippen LogP contribution in [-0.2, 0) is 0 Å². The predicted molar refractivity (Wildman–Crippen MR) is 68.5 cm³/mol. The summed E-state index contributed by atoms with van der Waals surface area (Å²) in [6.45, 7) is 0. The fraction of sp³-hybridized carbons (Fsp3) is 0.364. The van der Waals surface area contributed by atoms with E-state index in [2.05, 4.69) is 20.8 Å². The SMILES string of the molecule is Fc1ccc(-n2cnnn2)cc1NC1CCSC1. The molecule has 1 aliphatic rings. The lowest BCUT2D eigenvalue weighted by molar-refractivity contribution is 0.625. The molecule has 18 heavy (non-hydrogen) atoms. The lowest BCUT2D eigenvalue weighted by Crippen LogP contribution is -2.19. The smallest absolute Gasteiger partial charge is 0.146 e. The molecule has 1 saturated heterocycles. The van der Waals surface area contributed by atoms with Crippen molar-refractivity contribution in [3.05, 3.63) is 30.3 Å². The zero-order valence-electron chi connectivity index (χ0n) is 9.58. The van der Waals surface area contributed by atoms with Gasteiger partial charge in [-0.15, -0.1) is 5.10 Å². The highest BCUT2D eigenvalue weighted by atomic mass is 32.2. The number of benzene rings is 1. The van der Waals surface area contributed by atoms with Crippen molar-refractivity contribution in [3.63, 3.8) is 0 Å². The van der Waals surface area contributed by atoms with Crippen LogP contribution < -0.4 is 5.32 Å². The number of nitrogens with one attached hydrogen (secondary N) is 1. The summed E-state index contributed by atoms with van der Waals surface area (Å²) in [5.74, 6) is 1.91. The molecule has 0 saturated carbocycles. The van der Waals surface area contributed by atoms with Gasteiger partial charge < -0.3 is 5.32 Å². The number of halogens is 1. The minimum absolute atomic E-state index is 0.247. The molecule has 1 aromatic heterocycles. The lowest BCUT2D eigenvalue weighted by atomic mass is 10.2. The van der Waals surface area contributed by atoms with Gasteiger partial charge in [-0.1, -0.05) is 0 Å². The van der Waals surface area contributed by atoms with Crippen molar-refractivity contribution in [2.24, 2.45) is 0 Å². The Hall–Kier alpha value is -1.63. The summed E-state index contributed by atoms with van der Waals surface area (Å²) in [5, 5.41) is 14.2. The van der Waals surface area contributed by atoms with Gasteiger partial charge in [-0.3, -0.25) is 0 Å². The molecule has 7 heteroatoms. The van der Waals surface area contributed by atoms with E-state index in [-0.39, 0.29) is 5.82 Å². The number of aromatic nitrogens is 4. The number of hydrogen-bond acceptors (Lipinski definition) is 5. The number of anilines is 1. The topological polar surface area (TPSA) is 55.6 Å². The van der Waals surface area contributed by atoms with Gasteiger partial charge in [0, 0.05) is 11.8 Å². The molecule has 94 valence electrons. The molecule has 0 bridgehead atoms. The van der Waals surface area contributed by atoms with Crippen molar-refractivity contribution in [2.45, 2.75) is 12.5 Å². The molecule has 5 nitrogen and oxygen atoms in total. The molecule has 1 fully saturated rings. The molecular formula is C11H12FN5S. The highest BCUT2D eigenvalue weighted by molar-refractivity contribution is 7.99. The van der Waals surface area contributed by atoms with E-state index >= 15 is 0 Å². The number of rotatable bonds is 3. The molecule has 0 spiro atoms. The summed E-state index contributed by atoms with van der Waals surface area (Å²) in [4.78, 5) is 0. The highest BCUT2D eigenvalue weighted by Crippen LogP contribution is 2.24. The normalized spacial score (nSPS) is 19.1. The van der Waals surface area contributed by atoms with Crippen LogP contribution >= 0.6 is 11.8 Å². The molecule has 0 amide bonds. The Bertz CT molecular complexity index is 524. The standard InChI is InChI=1S/C11H12FN5S/c12-10-2-1-9(17-7-13-15-16-17)5-11(10)14-8-3-4-18-6-8/h1-2,5,7-8,14H,3-4,6H2. The second kappa shape index (κ2) is 4.93. The van der Waals surface area contributed by atoms with E-state index < -0.39 is 0 Å². The van der Waals surface area contributed by atoms with Crippen LogP contribution in [0.2, 0.25) is 0 Å². The third-order valence-electron chi connectivity index (χ3n) is 2.85. The number of hydrogen-bond donors (Lipinski definition) is 1. The second-order valence-electron chi connectivity index (χ2n) is 4.12. The van der Waals surface area contributed by atoms with E-state index in [0.29, 0.717) is 11.7 Å². The molecule has 1 N–H and O–H groups in total. The predicted octanol–water partition coefficient (Wildman–Crippen LogP) is 1.72. The van der Waals surface area contributed by atoms with Crippen molar-refractivity contribution in [2.75, 3.05) is 16.8 Å². The van der Waals surface area contributed by atoms with Gasteiger partial charge in [0.1, 0.15) is 12.1 Å². The molecule has 1 aromatic carbocycles. The Kier molecular flexibility index (Phi) is 3.14. The first-order valence-electron chi connectivity index (χ1n) is 5.70. The third kappa shape index (κ3) is 2.31. The van der Waals surface area contributed by atoms with Crippen molar-refractivity contribution in [1.29, 1.82) is 0 Å². The molecule has 0 aliphatic carbocycles. The molecule has 0 radical (unpaired) electrons. The summed E-state index contributed by atoms with van der Waals surface area (Å²) >= 11 is 1.89. The summed E-state index contributed by atoms with van der Waals surface area (Å²) < 4.78 is 15.2. The number of tetrazole rings is 1. The lowest BCUT2D eigenvalue weighted by Gasteiger charge is -2.14. The van der Waals surface area contributed by atoms with Crippen LogP contribution in [0.5, 0.6) is 0 Å². The van der Waals surface area contributed by atoms with Gasteiger partial charge in [0.2, 0.25) is 0 Å². The Morgan fingerprint density at radius 2 is 2.39 bits per heavy atom. The van der Waals surface area contributed by atoms with Crippen LogP contribution in [0.25, 0.3) is 5.69 Å². The second-order valence-corrected chi connectivity index (χ2v) is 5.27. The quantitative estimate of drug-likeness (QED) is 0.915. The molecule has 2 aromatic rings. The van der Waals surface area contributed by atoms with Crippen LogP contribution in [0.15, 0.2) is 24.5 Å². The molecule has 2 heterocycles. The monoisotopic (exact) mass is 265 g/mol. The van der Waals surface area contributed by atoms with Gasteiger partial charge in [0.15, 0.2) is 0 Å². The first-order valence-corrected chi connectivity index (χ1v) is 6.85. The first-order chi connectivity index (χ1) is 8.83. The maximum atomic E-state index is 13.7. The largest absolute Gasteiger partial charge is 0.379 e. The van der Waals surface area contributed by atoms with Gasteiger partial charge in [-0.25, -0.2) is 9.07 Å². The number of thioether (sulfide) groups is 1. The van der Waals surface area contributed by atoms with Crippen LogP contribution in [0.4, 0.5) is 10.1 Å². The summed E-state index contributed by atoms with van der Waals surface area (Å²) in [6, 6.07) is 5.16. The maximum Gasteiger partial charge on any atom is 0.146 e. The summed E-state index contributed by atoms with van der Waals surface area (Å²) in [5.41, 5.74) is 1.25. The van der Waals surface area contributed by atoms with E-state index in [1.165, 1.54) is 17.1 Å². The van der Waals surface area contributed by atoms with Crippen LogP contribution in [-0.4, -0.2) is 37.8 Å². The van der Waals surface area contributed by atoms with Crippen molar-refractivity contribution >= 4 is 17.4 Å². The summed E-state index contributed by atoms with van der Waals surface area (Å²) in [7, 11) is 0. The van der Waals surface area contributed by atoms with Gasteiger partial charge >= 0.3 is 0 Å². The fourth-order valence-corrected chi connectivity index (χ4v) is 3.07. The molecule has 1 atom stereocenters. The van der Waals surface area contributed by atoms with Crippen molar-refractivity contribution in [1.82, 2.24) is 20.2 Å². The van der Waals surface area contributed by atoms with E-state index in [1.807, 2.05) is 11.8 Å². The molecule has 1 unspecified atom stereocenters. The highest BCUT2D eigenvalue weighted by Gasteiger charge is 2.17. The Balaban J connectivity index is 1.86. The fourth-order valence-electron chi connectivity index (χ4n) is 1.91. The van der Waals surface area contributed by atoms with Crippen LogP contribution in [0.1, 0.15) is 6.42 Å².